The molecule has 0 saturated heterocycles. The van der Waals surface area contributed by atoms with Crippen molar-refractivity contribution in [3.05, 3.63) is 71.8 Å². The second-order valence-corrected chi connectivity index (χ2v) is 6.83. The first-order chi connectivity index (χ1) is 13.7. The van der Waals surface area contributed by atoms with Gasteiger partial charge in [0.05, 0.1) is 13.7 Å². The smallest absolute Gasteiger partial charge is 0.195 e. The number of aryl methyl sites for hydroxylation is 1. The molecule has 1 heterocycles. The van der Waals surface area contributed by atoms with E-state index in [9.17, 15) is 4.79 Å². The second kappa shape index (κ2) is 8.13. The summed E-state index contributed by atoms with van der Waals surface area (Å²) in [4.78, 5) is 16.9. The normalized spacial score (nSPS) is 13.1. The fourth-order valence-electron chi connectivity index (χ4n) is 3.30. The van der Waals surface area contributed by atoms with Crippen LogP contribution >= 0.6 is 0 Å². The highest BCUT2D eigenvalue weighted by atomic mass is 16.5. The van der Waals surface area contributed by atoms with Crippen molar-refractivity contribution in [1.29, 1.82) is 0 Å². The van der Waals surface area contributed by atoms with Gasteiger partial charge in [0, 0.05) is 24.2 Å². The monoisotopic (exact) mass is 373 g/mol. The highest BCUT2D eigenvalue weighted by molar-refractivity contribution is 6.00. The summed E-state index contributed by atoms with van der Waals surface area (Å²) >= 11 is 0. The first kappa shape index (κ1) is 18.0. The minimum Gasteiger partial charge on any atom is -0.497 e. The number of ether oxygens (including phenoxy) is 1. The van der Waals surface area contributed by atoms with Gasteiger partial charge in [0.1, 0.15) is 5.75 Å². The Balaban J connectivity index is 1.37. The topological polar surface area (TPSA) is 62.7 Å². The molecule has 0 saturated carbocycles. The van der Waals surface area contributed by atoms with Crippen molar-refractivity contribution in [2.24, 2.45) is 4.99 Å². The molecule has 0 aromatic heterocycles. The van der Waals surface area contributed by atoms with Crippen LogP contribution in [0.25, 0.3) is 10.8 Å². The Hall–Kier alpha value is -3.34. The molecule has 28 heavy (non-hydrogen) atoms. The van der Waals surface area contributed by atoms with Crippen LogP contribution in [0.4, 0.5) is 5.69 Å². The van der Waals surface area contributed by atoms with Gasteiger partial charge in [0.25, 0.3) is 0 Å². The molecule has 3 aromatic carbocycles. The summed E-state index contributed by atoms with van der Waals surface area (Å²) in [5.74, 6) is 1.79. The van der Waals surface area contributed by atoms with E-state index in [1.54, 1.807) is 7.11 Å². The molecule has 5 heteroatoms. The van der Waals surface area contributed by atoms with Crippen LogP contribution in [-0.2, 0) is 6.42 Å². The molecule has 4 rings (SSSR count). The number of ketones is 1. The number of carbonyl (C=O) groups excluding carboxylic acids is 1. The van der Waals surface area contributed by atoms with E-state index in [1.165, 1.54) is 0 Å². The molecule has 0 atom stereocenters. The van der Waals surface area contributed by atoms with Gasteiger partial charge in [-0.05, 0) is 53.1 Å². The van der Waals surface area contributed by atoms with Crippen LogP contribution in [-0.4, -0.2) is 31.9 Å². The molecule has 5 nitrogen and oxygen atoms in total. The molecular weight excluding hydrogens is 350 g/mol. The number of methoxy groups -OCH3 is 1. The van der Waals surface area contributed by atoms with Gasteiger partial charge in [-0.1, -0.05) is 30.3 Å². The summed E-state index contributed by atoms with van der Waals surface area (Å²) in [5.41, 5.74) is 2.89. The van der Waals surface area contributed by atoms with Crippen molar-refractivity contribution in [2.45, 2.75) is 12.8 Å². The molecular formula is C23H23N3O2. The molecule has 1 aliphatic heterocycles. The summed E-state index contributed by atoms with van der Waals surface area (Å²) in [6.45, 7) is 1.69. The number of fused-ring (bicyclic) bond motifs is 1. The van der Waals surface area contributed by atoms with E-state index in [0.29, 0.717) is 6.42 Å². The lowest BCUT2D eigenvalue weighted by atomic mass is 10.00. The van der Waals surface area contributed by atoms with E-state index in [-0.39, 0.29) is 5.78 Å². The summed E-state index contributed by atoms with van der Waals surface area (Å²) in [7, 11) is 1.65. The summed E-state index contributed by atoms with van der Waals surface area (Å²) < 4.78 is 5.25. The molecule has 1 aliphatic rings. The zero-order chi connectivity index (χ0) is 19.3. The maximum absolute atomic E-state index is 12.6. The predicted octanol–water partition coefficient (Wildman–Crippen LogP) is 4.04. The number of hydrogen-bond acceptors (Lipinski definition) is 5. The van der Waals surface area contributed by atoms with Crippen LogP contribution in [0.15, 0.2) is 65.7 Å². The Morgan fingerprint density at radius 1 is 1.07 bits per heavy atom. The SMILES string of the molecule is COc1ccc2cc(C(=O)CCc3ccc(NC4=NCCN4)cc3)ccc2c1. The maximum Gasteiger partial charge on any atom is 0.195 e. The highest BCUT2D eigenvalue weighted by Gasteiger charge is 2.09. The zero-order valence-electron chi connectivity index (χ0n) is 15.9. The average molecular weight is 373 g/mol. The number of guanidine groups is 1. The van der Waals surface area contributed by atoms with E-state index in [2.05, 4.69) is 27.8 Å². The number of anilines is 1. The van der Waals surface area contributed by atoms with Gasteiger partial charge in [-0.3, -0.25) is 9.79 Å². The number of Topliss-reactive ketones (excluding diaryl/α,β-unsaturated/α-hetero) is 1. The largest absolute Gasteiger partial charge is 0.497 e. The lowest BCUT2D eigenvalue weighted by molar-refractivity contribution is 0.0983. The van der Waals surface area contributed by atoms with E-state index in [4.69, 9.17) is 4.74 Å². The average Bonchev–Trinajstić information content (AvgIpc) is 3.25. The van der Waals surface area contributed by atoms with Gasteiger partial charge in [0.2, 0.25) is 0 Å². The van der Waals surface area contributed by atoms with E-state index in [1.807, 2.05) is 48.5 Å². The lowest BCUT2D eigenvalue weighted by Gasteiger charge is -2.08. The molecule has 0 fully saturated rings. The molecule has 142 valence electrons. The second-order valence-electron chi connectivity index (χ2n) is 6.83. The fraction of sp³-hybridized carbons (Fsp3) is 0.217. The van der Waals surface area contributed by atoms with Crippen molar-refractivity contribution in [1.82, 2.24) is 5.32 Å². The number of benzene rings is 3. The first-order valence-electron chi connectivity index (χ1n) is 9.46. The highest BCUT2D eigenvalue weighted by Crippen LogP contribution is 2.23. The van der Waals surface area contributed by atoms with Gasteiger partial charge in [-0.2, -0.15) is 0 Å². The van der Waals surface area contributed by atoms with E-state index in [0.717, 1.165) is 58.8 Å². The number of carbonyl (C=O) groups is 1. The van der Waals surface area contributed by atoms with Gasteiger partial charge in [-0.25, -0.2) is 0 Å². The maximum atomic E-state index is 12.6. The number of rotatable bonds is 6. The molecule has 0 spiro atoms. The third-order valence-corrected chi connectivity index (χ3v) is 4.90. The van der Waals surface area contributed by atoms with Crippen molar-refractivity contribution in [3.63, 3.8) is 0 Å². The van der Waals surface area contributed by atoms with Crippen LogP contribution in [0.2, 0.25) is 0 Å². The van der Waals surface area contributed by atoms with Gasteiger partial charge in [0.15, 0.2) is 11.7 Å². The van der Waals surface area contributed by atoms with Crippen molar-refractivity contribution >= 4 is 28.2 Å². The number of nitrogens with one attached hydrogen (secondary N) is 2. The lowest BCUT2D eigenvalue weighted by Crippen LogP contribution is -2.26. The number of hydrogen-bond donors (Lipinski definition) is 2. The zero-order valence-corrected chi connectivity index (χ0v) is 15.9. The van der Waals surface area contributed by atoms with Crippen molar-refractivity contribution in [2.75, 3.05) is 25.5 Å². The number of nitrogens with zero attached hydrogens (tertiary/aromatic N) is 1. The van der Waals surface area contributed by atoms with Gasteiger partial charge in [-0.15, -0.1) is 0 Å². The first-order valence-corrected chi connectivity index (χ1v) is 9.46. The number of aliphatic imine (C=N–C) groups is 1. The van der Waals surface area contributed by atoms with Crippen LogP contribution in [0.1, 0.15) is 22.3 Å². The molecule has 0 bridgehead atoms. The summed E-state index contributed by atoms with van der Waals surface area (Å²) in [6.07, 6.45) is 1.21. The standard InChI is InChI=1S/C23H23N3O2/c1-28-21-10-7-17-14-19(6-5-18(17)15-21)22(27)11-4-16-2-8-20(9-3-16)26-23-24-12-13-25-23/h2-3,5-10,14-15H,4,11-13H2,1H3,(H2,24,25,26). The summed E-state index contributed by atoms with van der Waals surface area (Å²) in [6, 6.07) is 19.9. The molecule has 0 amide bonds. The van der Waals surface area contributed by atoms with E-state index >= 15 is 0 Å². The molecule has 0 aliphatic carbocycles. The Labute approximate surface area is 164 Å². The molecule has 0 unspecified atom stereocenters. The van der Waals surface area contributed by atoms with Crippen LogP contribution < -0.4 is 15.4 Å². The third kappa shape index (κ3) is 4.14. The summed E-state index contributed by atoms with van der Waals surface area (Å²) in [5, 5.41) is 8.55. The molecule has 0 radical (unpaired) electrons. The third-order valence-electron chi connectivity index (χ3n) is 4.90. The minimum atomic E-state index is 0.157. The van der Waals surface area contributed by atoms with Crippen molar-refractivity contribution in [3.8, 4) is 5.75 Å². The van der Waals surface area contributed by atoms with Crippen LogP contribution in [0.3, 0.4) is 0 Å². The quantitative estimate of drug-likeness (QED) is 0.640. The Morgan fingerprint density at radius 2 is 1.86 bits per heavy atom. The minimum absolute atomic E-state index is 0.157. The Kier molecular flexibility index (Phi) is 5.24. The predicted molar refractivity (Wildman–Crippen MR) is 114 cm³/mol. The molecule has 2 N–H and O–H groups in total. The van der Waals surface area contributed by atoms with Crippen LogP contribution in [0.5, 0.6) is 5.75 Å². The van der Waals surface area contributed by atoms with Gasteiger partial charge >= 0.3 is 0 Å². The Morgan fingerprint density at radius 3 is 2.61 bits per heavy atom. The molecule has 3 aromatic rings. The van der Waals surface area contributed by atoms with Gasteiger partial charge < -0.3 is 15.4 Å². The van der Waals surface area contributed by atoms with E-state index < -0.39 is 0 Å². The Bertz CT molecular complexity index is 1030. The fourth-order valence-corrected chi connectivity index (χ4v) is 3.30. The van der Waals surface area contributed by atoms with Crippen LogP contribution in [0, 0.1) is 0 Å². The van der Waals surface area contributed by atoms with Crippen molar-refractivity contribution < 1.29 is 9.53 Å².